The molecule has 0 bridgehead atoms. The molecular formula is C14H22N6S. The third kappa shape index (κ3) is 3.01. The van der Waals surface area contributed by atoms with E-state index in [1.165, 1.54) is 0 Å². The van der Waals surface area contributed by atoms with Gasteiger partial charge in [0.1, 0.15) is 10.7 Å². The van der Waals surface area contributed by atoms with Crippen molar-refractivity contribution < 1.29 is 0 Å². The Hall–Kier alpha value is -1.28. The molecule has 1 aliphatic rings. The topological polar surface area (TPSA) is 70.3 Å². The number of nitrogen functional groups attached to an aromatic ring is 1. The van der Waals surface area contributed by atoms with Gasteiger partial charge in [-0.2, -0.15) is 0 Å². The lowest BCUT2D eigenvalue weighted by Gasteiger charge is -2.39. The van der Waals surface area contributed by atoms with Crippen LogP contribution in [0.4, 0.5) is 5.82 Å². The number of likely N-dealkylation sites (N-methyl/N-ethyl adjacent to an activating group) is 1. The highest BCUT2D eigenvalue weighted by molar-refractivity contribution is 7.16. The van der Waals surface area contributed by atoms with Crippen molar-refractivity contribution in [3.8, 4) is 0 Å². The van der Waals surface area contributed by atoms with Crippen molar-refractivity contribution >= 4 is 27.4 Å². The number of anilines is 1. The highest BCUT2D eigenvalue weighted by atomic mass is 32.1. The van der Waals surface area contributed by atoms with E-state index in [9.17, 15) is 0 Å². The third-order valence-electron chi connectivity index (χ3n) is 4.13. The van der Waals surface area contributed by atoms with E-state index in [0.717, 1.165) is 54.6 Å². The summed E-state index contributed by atoms with van der Waals surface area (Å²) in [7, 11) is 0. The van der Waals surface area contributed by atoms with Gasteiger partial charge in [0.2, 0.25) is 0 Å². The fourth-order valence-electron chi connectivity index (χ4n) is 2.96. The van der Waals surface area contributed by atoms with Crippen LogP contribution in [0.3, 0.4) is 0 Å². The first-order valence-electron chi connectivity index (χ1n) is 7.38. The summed E-state index contributed by atoms with van der Waals surface area (Å²) >= 11 is 1.62. The molecule has 0 radical (unpaired) electrons. The van der Waals surface area contributed by atoms with Gasteiger partial charge < -0.3 is 5.43 Å². The second kappa shape index (κ2) is 6.23. The Balaban J connectivity index is 1.76. The van der Waals surface area contributed by atoms with E-state index in [-0.39, 0.29) is 0 Å². The second-order valence-electron chi connectivity index (χ2n) is 5.48. The Morgan fingerprint density at radius 3 is 3.00 bits per heavy atom. The monoisotopic (exact) mass is 306 g/mol. The Morgan fingerprint density at radius 1 is 1.43 bits per heavy atom. The van der Waals surface area contributed by atoms with Crippen LogP contribution < -0.4 is 11.3 Å². The molecule has 1 saturated heterocycles. The van der Waals surface area contributed by atoms with Crippen LogP contribution in [0.2, 0.25) is 0 Å². The maximum atomic E-state index is 5.58. The minimum atomic E-state index is 0.585. The van der Waals surface area contributed by atoms with Gasteiger partial charge in [-0.3, -0.25) is 9.80 Å². The summed E-state index contributed by atoms with van der Waals surface area (Å²) in [6, 6.07) is 2.59. The standard InChI is InChI=1S/C14H22N6S/c1-3-20-6-5-19(8-10(20)2)9-12-16-13(18-15)11-4-7-21-14(11)17-12/h4,7,10H,3,5-6,8-9,15H2,1-2H3,(H,16,17,18). The van der Waals surface area contributed by atoms with Crippen LogP contribution in [0.5, 0.6) is 0 Å². The smallest absolute Gasteiger partial charge is 0.152 e. The van der Waals surface area contributed by atoms with Gasteiger partial charge in [-0.05, 0) is 24.9 Å². The summed E-state index contributed by atoms with van der Waals surface area (Å²) in [5, 5.41) is 3.02. The van der Waals surface area contributed by atoms with Crippen molar-refractivity contribution in [3.63, 3.8) is 0 Å². The van der Waals surface area contributed by atoms with E-state index in [4.69, 9.17) is 5.84 Å². The summed E-state index contributed by atoms with van der Waals surface area (Å²) in [6.07, 6.45) is 0. The number of rotatable bonds is 4. The van der Waals surface area contributed by atoms with Crippen molar-refractivity contribution in [2.45, 2.75) is 26.4 Å². The van der Waals surface area contributed by atoms with Gasteiger partial charge in [0.05, 0.1) is 11.9 Å². The first-order valence-corrected chi connectivity index (χ1v) is 8.26. The molecule has 3 rings (SSSR count). The zero-order chi connectivity index (χ0) is 14.8. The number of hydrogen-bond donors (Lipinski definition) is 2. The highest BCUT2D eigenvalue weighted by Crippen LogP contribution is 2.25. The molecule has 2 aromatic heterocycles. The number of piperazine rings is 1. The van der Waals surface area contributed by atoms with Crippen LogP contribution >= 0.6 is 11.3 Å². The lowest BCUT2D eigenvalue weighted by molar-refractivity contribution is 0.0819. The molecule has 1 unspecified atom stereocenters. The van der Waals surface area contributed by atoms with Crippen molar-refractivity contribution in [2.75, 3.05) is 31.6 Å². The minimum Gasteiger partial charge on any atom is -0.308 e. The number of hydrogen-bond acceptors (Lipinski definition) is 7. The number of fused-ring (bicyclic) bond motifs is 1. The van der Waals surface area contributed by atoms with E-state index in [1.54, 1.807) is 11.3 Å². The van der Waals surface area contributed by atoms with Crippen molar-refractivity contribution in [1.82, 2.24) is 19.8 Å². The molecule has 6 nitrogen and oxygen atoms in total. The van der Waals surface area contributed by atoms with Crippen molar-refractivity contribution in [2.24, 2.45) is 5.84 Å². The molecule has 1 fully saturated rings. The highest BCUT2D eigenvalue weighted by Gasteiger charge is 2.23. The number of aromatic nitrogens is 2. The van der Waals surface area contributed by atoms with E-state index >= 15 is 0 Å². The Labute approximate surface area is 128 Å². The van der Waals surface area contributed by atoms with Gasteiger partial charge >= 0.3 is 0 Å². The van der Waals surface area contributed by atoms with Gasteiger partial charge in [-0.15, -0.1) is 11.3 Å². The molecule has 2 aromatic rings. The van der Waals surface area contributed by atoms with Gasteiger partial charge in [-0.25, -0.2) is 15.8 Å². The lowest BCUT2D eigenvalue weighted by atomic mass is 10.2. The van der Waals surface area contributed by atoms with Crippen LogP contribution in [0.15, 0.2) is 11.4 Å². The SMILES string of the molecule is CCN1CCN(Cc2nc(NN)c3ccsc3n2)CC1C. The zero-order valence-corrected chi connectivity index (χ0v) is 13.4. The van der Waals surface area contributed by atoms with Crippen LogP contribution in [0, 0.1) is 0 Å². The average Bonchev–Trinajstić information content (AvgIpc) is 2.95. The summed E-state index contributed by atoms with van der Waals surface area (Å²) in [6.45, 7) is 9.64. The predicted octanol–water partition coefficient (Wildman–Crippen LogP) is 1.50. The first-order chi connectivity index (χ1) is 10.2. The predicted molar refractivity (Wildman–Crippen MR) is 87.2 cm³/mol. The van der Waals surface area contributed by atoms with Crippen LogP contribution in [0.1, 0.15) is 19.7 Å². The summed E-state index contributed by atoms with van der Waals surface area (Å²) in [5.41, 5.74) is 2.69. The molecule has 0 aromatic carbocycles. The number of nitrogens with one attached hydrogen (secondary N) is 1. The van der Waals surface area contributed by atoms with Crippen molar-refractivity contribution in [1.29, 1.82) is 0 Å². The normalized spacial score (nSPS) is 21.0. The molecule has 0 spiro atoms. The molecular weight excluding hydrogens is 284 g/mol. The fraction of sp³-hybridized carbons (Fsp3) is 0.571. The molecule has 0 amide bonds. The first kappa shape index (κ1) is 14.6. The van der Waals surface area contributed by atoms with Gasteiger partial charge in [-0.1, -0.05) is 6.92 Å². The Bertz CT molecular complexity index is 613. The molecule has 3 N–H and O–H groups in total. The molecule has 3 heterocycles. The number of nitrogens with two attached hydrogens (primary N) is 1. The van der Waals surface area contributed by atoms with Crippen LogP contribution in [0.25, 0.3) is 10.2 Å². The maximum Gasteiger partial charge on any atom is 0.152 e. The Morgan fingerprint density at radius 2 is 2.29 bits per heavy atom. The zero-order valence-electron chi connectivity index (χ0n) is 12.5. The lowest BCUT2D eigenvalue weighted by Crippen LogP contribution is -2.51. The van der Waals surface area contributed by atoms with Gasteiger partial charge in [0.25, 0.3) is 0 Å². The third-order valence-corrected chi connectivity index (χ3v) is 4.94. The quantitative estimate of drug-likeness (QED) is 0.659. The van der Waals surface area contributed by atoms with E-state index in [0.29, 0.717) is 6.04 Å². The summed E-state index contributed by atoms with van der Waals surface area (Å²) in [5.74, 6) is 7.14. The number of nitrogens with zero attached hydrogens (tertiary/aromatic N) is 4. The largest absolute Gasteiger partial charge is 0.308 e. The summed E-state index contributed by atoms with van der Waals surface area (Å²) in [4.78, 5) is 15.1. The van der Waals surface area contributed by atoms with E-state index in [1.807, 2.05) is 11.4 Å². The Kier molecular flexibility index (Phi) is 4.34. The number of thiophene rings is 1. The minimum absolute atomic E-state index is 0.585. The second-order valence-corrected chi connectivity index (χ2v) is 6.38. The number of hydrazine groups is 1. The van der Waals surface area contributed by atoms with Crippen molar-refractivity contribution in [3.05, 3.63) is 17.3 Å². The fourth-order valence-corrected chi connectivity index (χ4v) is 3.75. The molecule has 0 saturated carbocycles. The average molecular weight is 306 g/mol. The van der Waals surface area contributed by atoms with Gasteiger partial charge in [0, 0.05) is 25.7 Å². The molecule has 114 valence electrons. The molecule has 21 heavy (non-hydrogen) atoms. The molecule has 0 aliphatic carbocycles. The van der Waals surface area contributed by atoms with Crippen LogP contribution in [-0.2, 0) is 6.54 Å². The van der Waals surface area contributed by atoms with E-state index in [2.05, 4.69) is 39.0 Å². The van der Waals surface area contributed by atoms with Crippen LogP contribution in [-0.4, -0.2) is 52.0 Å². The van der Waals surface area contributed by atoms with Gasteiger partial charge in [0.15, 0.2) is 5.82 Å². The summed E-state index contributed by atoms with van der Waals surface area (Å²) < 4.78 is 0. The van der Waals surface area contributed by atoms with E-state index < -0.39 is 0 Å². The maximum absolute atomic E-state index is 5.58. The molecule has 7 heteroatoms. The molecule has 1 aliphatic heterocycles. The molecule has 1 atom stereocenters.